The van der Waals surface area contributed by atoms with Gasteiger partial charge >= 0.3 is 0 Å². The molecule has 30 heavy (non-hydrogen) atoms. The maximum atomic E-state index is 12.9. The second-order valence-corrected chi connectivity index (χ2v) is 8.11. The Bertz CT molecular complexity index is 1140. The van der Waals surface area contributed by atoms with Gasteiger partial charge in [-0.3, -0.25) is 9.69 Å². The van der Waals surface area contributed by atoms with Crippen molar-refractivity contribution in [2.24, 2.45) is 5.92 Å². The monoisotopic (exact) mass is 404 g/mol. The lowest BCUT2D eigenvalue weighted by Crippen LogP contribution is -2.46. The van der Waals surface area contributed by atoms with Gasteiger partial charge in [-0.05, 0) is 24.5 Å². The van der Waals surface area contributed by atoms with Crippen LogP contribution in [-0.2, 0) is 13.1 Å². The molecule has 0 spiro atoms. The lowest BCUT2D eigenvalue weighted by atomic mass is 9.82. The van der Waals surface area contributed by atoms with Gasteiger partial charge in [-0.2, -0.15) is 0 Å². The van der Waals surface area contributed by atoms with Gasteiger partial charge < -0.3 is 15.0 Å². The van der Waals surface area contributed by atoms with Crippen molar-refractivity contribution in [3.05, 3.63) is 64.5 Å². The van der Waals surface area contributed by atoms with E-state index in [-0.39, 0.29) is 5.56 Å². The number of anilines is 1. The number of hydrogen-bond donors (Lipinski definition) is 1. The zero-order valence-electron chi connectivity index (χ0n) is 16.9. The average Bonchev–Trinajstić information content (AvgIpc) is 2.75. The smallest absolute Gasteiger partial charge is 0.251 e. The number of nitrogens with zero attached hydrogens (tertiary/aromatic N) is 5. The highest BCUT2D eigenvalue weighted by Gasteiger charge is 2.35. The van der Waals surface area contributed by atoms with Gasteiger partial charge in [-0.15, -0.1) is 0 Å². The number of likely N-dealkylation sites (tertiary alicyclic amines) is 1. The predicted octanol–water partition coefficient (Wildman–Crippen LogP) is 1.91. The zero-order chi connectivity index (χ0) is 20.7. The molecule has 2 N–H and O–H groups in total. The Morgan fingerprint density at radius 1 is 1.17 bits per heavy atom. The van der Waals surface area contributed by atoms with E-state index in [1.807, 2.05) is 10.6 Å². The van der Waals surface area contributed by atoms with Crippen LogP contribution in [0.25, 0.3) is 11.3 Å². The largest absolute Gasteiger partial charge is 0.481 e. The van der Waals surface area contributed by atoms with Crippen molar-refractivity contribution < 1.29 is 4.74 Å². The SMILES string of the molecule is COc1ncccc1CN1C[C@@H]2C[C@H](C1)c1cc(-c3cc(N)ncn3)cc(=O)n1C2. The number of pyridine rings is 2. The van der Waals surface area contributed by atoms with Crippen molar-refractivity contribution >= 4 is 5.82 Å². The molecule has 0 aliphatic carbocycles. The summed E-state index contributed by atoms with van der Waals surface area (Å²) in [6, 6.07) is 9.46. The fourth-order valence-corrected chi connectivity index (χ4v) is 4.83. The number of rotatable bonds is 4. The molecule has 8 nitrogen and oxygen atoms in total. The van der Waals surface area contributed by atoms with Gasteiger partial charge in [0.2, 0.25) is 5.88 Å². The molecule has 5 heterocycles. The van der Waals surface area contributed by atoms with Crippen LogP contribution in [0, 0.1) is 5.92 Å². The molecule has 8 heteroatoms. The summed E-state index contributed by atoms with van der Waals surface area (Å²) >= 11 is 0. The third kappa shape index (κ3) is 3.43. The summed E-state index contributed by atoms with van der Waals surface area (Å²) in [4.78, 5) is 27.9. The minimum absolute atomic E-state index is 0.0248. The highest BCUT2D eigenvalue weighted by molar-refractivity contribution is 5.61. The molecule has 3 aromatic rings. The Morgan fingerprint density at radius 2 is 2.07 bits per heavy atom. The topological polar surface area (TPSA) is 99.2 Å². The fourth-order valence-electron chi connectivity index (χ4n) is 4.83. The Balaban J connectivity index is 1.45. The average molecular weight is 404 g/mol. The summed E-state index contributed by atoms with van der Waals surface area (Å²) in [6.07, 6.45) is 4.27. The molecule has 0 amide bonds. The minimum atomic E-state index is 0.0248. The number of nitrogen functional groups attached to an aromatic ring is 1. The van der Waals surface area contributed by atoms with Gasteiger partial charge in [0.25, 0.3) is 5.56 Å². The van der Waals surface area contributed by atoms with E-state index in [9.17, 15) is 4.79 Å². The number of methoxy groups -OCH3 is 1. The third-order valence-electron chi connectivity index (χ3n) is 6.05. The maximum Gasteiger partial charge on any atom is 0.251 e. The number of aromatic nitrogens is 4. The first-order chi connectivity index (χ1) is 14.6. The second kappa shape index (κ2) is 7.53. The molecule has 5 rings (SSSR count). The van der Waals surface area contributed by atoms with E-state index in [1.165, 1.54) is 6.33 Å². The summed E-state index contributed by atoms with van der Waals surface area (Å²) < 4.78 is 7.36. The standard InChI is InChI=1S/C22H24N6O2/c1-30-22-15(3-2-4-24-22)11-27-9-14-5-17(12-27)19-6-16(7-21(29)28(19)10-14)18-8-20(23)26-13-25-18/h2-4,6-8,13-14,17H,5,9-12H2,1H3,(H2,23,25,26)/t14-,17+/m0/s1. The third-order valence-corrected chi connectivity index (χ3v) is 6.05. The Kier molecular flexibility index (Phi) is 4.71. The van der Waals surface area contributed by atoms with E-state index in [2.05, 4.69) is 32.0 Å². The highest BCUT2D eigenvalue weighted by atomic mass is 16.5. The van der Waals surface area contributed by atoms with E-state index < -0.39 is 0 Å². The van der Waals surface area contributed by atoms with Gasteiger partial charge in [-0.1, -0.05) is 6.07 Å². The summed E-state index contributed by atoms with van der Waals surface area (Å²) in [5, 5.41) is 0. The van der Waals surface area contributed by atoms with Crippen LogP contribution in [0.15, 0.2) is 47.7 Å². The van der Waals surface area contributed by atoms with Gasteiger partial charge in [0, 0.05) is 67.2 Å². The van der Waals surface area contributed by atoms with Crippen LogP contribution in [0.2, 0.25) is 0 Å². The van der Waals surface area contributed by atoms with Gasteiger partial charge in [0.1, 0.15) is 12.1 Å². The highest BCUT2D eigenvalue weighted by Crippen LogP contribution is 2.37. The molecule has 1 saturated heterocycles. The van der Waals surface area contributed by atoms with Gasteiger partial charge in [0.05, 0.1) is 12.8 Å². The lowest BCUT2D eigenvalue weighted by Gasteiger charge is -2.43. The molecule has 0 unspecified atom stereocenters. The minimum Gasteiger partial charge on any atom is -0.481 e. The quantitative estimate of drug-likeness (QED) is 0.709. The molecule has 1 fully saturated rings. The van der Waals surface area contributed by atoms with E-state index >= 15 is 0 Å². The molecule has 0 saturated carbocycles. The summed E-state index contributed by atoms with van der Waals surface area (Å²) in [5.74, 6) is 1.82. The number of nitrogens with two attached hydrogens (primary N) is 1. The van der Waals surface area contributed by atoms with Gasteiger partial charge in [-0.25, -0.2) is 15.0 Å². The lowest BCUT2D eigenvalue weighted by molar-refractivity contribution is 0.113. The van der Waals surface area contributed by atoms with Crippen LogP contribution in [0.5, 0.6) is 5.88 Å². The second-order valence-electron chi connectivity index (χ2n) is 8.11. The first kappa shape index (κ1) is 18.7. The predicted molar refractivity (Wildman–Crippen MR) is 113 cm³/mol. The van der Waals surface area contributed by atoms with E-state index in [0.717, 1.165) is 49.4 Å². The molecule has 2 aliphatic heterocycles. The first-order valence-electron chi connectivity index (χ1n) is 10.1. The summed E-state index contributed by atoms with van der Waals surface area (Å²) in [6.45, 7) is 3.39. The van der Waals surface area contributed by atoms with Crippen molar-refractivity contribution in [2.75, 3.05) is 25.9 Å². The zero-order valence-corrected chi connectivity index (χ0v) is 16.9. The van der Waals surface area contributed by atoms with Crippen molar-refractivity contribution in [1.82, 2.24) is 24.4 Å². The normalized spacial score (nSPS) is 20.6. The molecule has 3 aromatic heterocycles. The Morgan fingerprint density at radius 3 is 2.90 bits per heavy atom. The number of fused-ring (bicyclic) bond motifs is 4. The van der Waals surface area contributed by atoms with Crippen molar-refractivity contribution in [3.63, 3.8) is 0 Å². The fraction of sp³-hybridized carbons (Fsp3) is 0.364. The van der Waals surface area contributed by atoms with Crippen LogP contribution in [-0.4, -0.2) is 44.6 Å². The first-order valence-corrected chi connectivity index (χ1v) is 10.1. The summed E-state index contributed by atoms with van der Waals surface area (Å²) in [5.41, 5.74) is 9.47. The molecule has 2 bridgehead atoms. The van der Waals surface area contributed by atoms with Crippen LogP contribution in [0.1, 0.15) is 23.6 Å². The molecular formula is C22H24N6O2. The molecule has 154 valence electrons. The van der Waals surface area contributed by atoms with E-state index in [0.29, 0.717) is 29.2 Å². The molecule has 0 aromatic carbocycles. The summed E-state index contributed by atoms with van der Waals surface area (Å²) in [7, 11) is 1.65. The molecule has 0 radical (unpaired) electrons. The Labute approximate surface area is 174 Å². The number of hydrogen-bond acceptors (Lipinski definition) is 7. The van der Waals surface area contributed by atoms with Crippen LogP contribution < -0.4 is 16.0 Å². The number of ether oxygens (including phenoxy) is 1. The van der Waals surface area contributed by atoms with Gasteiger partial charge in [0.15, 0.2) is 0 Å². The van der Waals surface area contributed by atoms with Crippen molar-refractivity contribution in [3.8, 4) is 17.1 Å². The van der Waals surface area contributed by atoms with Crippen molar-refractivity contribution in [1.29, 1.82) is 0 Å². The maximum absolute atomic E-state index is 12.9. The molecule has 2 aliphatic rings. The van der Waals surface area contributed by atoms with E-state index in [4.69, 9.17) is 10.5 Å². The van der Waals surface area contributed by atoms with Crippen molar-refractivity contribution in [2.45, 2.75) is 25.4 Å². The number of piperidine rings is 1. The van der Waals surface area contributed by atoms with Crippen LogP contribution >= 0.6 is 0 Å². The molecule has 2 atom stereocenters. The Hall–Kier alpha value is -3.26. The molecular weight excluding hydrogens is 380 g/mol. The van der Waals surface area contributed by atoms with Crippen LogP contribution in [0.3, 0.4) is 0 Å². The van der Waals surface area contributed by atoms with E-state index in [1.54, 1.807) is 25.4 Å². The van der Waals surface area contributed by atoms with Crippen LogP contribution in [0.4, 0.5) is 5.82 Å².